The maximum Gasteiger partial charge on any atom is 2.00 e. The Hall–Kier alpha value is -2.25. The number of nitrogens with zero attached hydrogens (tertiary/aromatic N) is 2. The quantitative estimate of drug-likeness (QED) is 0.0207. The topological polar surface area (TPSA) is 25.3 Å². The number of benzene rings is 2. The molecule has 3 rings (SSSR count). The molecule has 0 fully saturated rings. The summed E-state index contributed by atoms with van der Waals surface area (Å²) in [4.78, 5) is 0. The van der Waals surface area contributed by atoms with E-state index in [1.54, 1.807) is 4.70 Å². The molecule has 2 nitrogen and oxygen atoms in total. The van der Waals surface area contributed by atoms with Gasteiger partial charge in [0.1, 0.15) is 0 Å². The summed E-state index contributed by atoms with van der Waals surface area (Å²) in [7, 11) is 0. The van der Waals surface area contributed by atoms with Crippen molar-refractivity contribution in [2.45, 2.75) is 350 Å². The third kappa shape index (κ3) is 38.9. The van der Waals surface area contributed by atoms with Crippen molar-refractivity contribution < 1.29 is 21.2 Å². The van der Waals surface area contributed by atoms with E-state index in [0.29, 0.717) is 0 Å². The third-order valence-electron chi connectivity index (χ3n) is 15.9. The standard InChI is InChI=1S/C56H90N2.2C9H19.Ni/c1-5-9-13-15-17-18-19-20-21-22-23-24-25-26-27-28-29-30-31-32-35-40-50-41-37-38-42-52(50)56-54(44-36-33-16-14-10-6-2)53(43-34-11-7-3)55(58(56)57)51-47-45-49(46-48-51)39-12-8-4;2*1-3-5-7-9-8-6-4-2;/h30-31,37-38,41-42,45-48H,5-29,32-36,39-40,43-44H2,1-4H3;2*1,3-9H2,2H3;/q;2*-1;+2. The third-order valence-corrected chi connectivity index (χ3v) is 15.9. The second-order valence-electron chi connectivity index (χ2n) is 23.1. The molecule has 0 saturated heterocycles. The summed E-state index contributed by atoms with van der Waals surface area (Å²) in [5.74, 6) is 0. The Balaban J connectivity index is 0.00000258. The fourth-order valence-electron chi connectivity index (χ4n) is 10.9. The van der Waals surface area contributed by atoms with E-state index in [2.05, 4.69) is 116 Å². The first-order chi connectivity index (χ1) is 37.5. The zero-order chi connectivity index (χ0) is 55.2. The van der Waals surface area contributed by atoms with E-state index in [9.17, 15) is 5.53 Å². The van der Waals surface area contributed by atoms with Crippen LogP contribution in [0.3, 0.4) is 0 Å². The predicted octanol–water partition coefficient (Wildman–Crippen LogP) is 26.2. The molecule has 0 bridgehead atoms. The molecule has 0 spiro atoms. The predicted molar refractivity (Wildman–Crippen MR) is 344 cm³/mol. The SMILES string of the molecule is CCCCCCCCCCCCCCCCCCC=CCCCc1ccccc1C1=C(CCCCCCCC)C(CCCCC)=C(c2ccc(CCCC)cc2)[N+]1=[N-].[CH2-]CCCCCCCC.[CH2-]CCCCCCCC.[Ni+2]. The minimum absolute atomic E-state index is 0. The minimum Gasteiger partial charge on any atom is -0.493 e. The molecule has 0 aromatic heterocycles. The molecule has 0 amide bonds. The molecule has 0 radical (unpaired) electrons. The number of unbranched alkanes of at least 4 members (excludes halogenated alkanes) is 37. The van der Waals surface area contributed by atoms with Gasteiger partial charge in [-0.05, 0) is 100.0 Å². The molecule has 1 aliphatic rings. The summed E-state index contributed by atoms with van der Waals surface area (Å²) in [5.41, 5.74) is 22.3. The van der Waals surface area contributed by atoms with Crippen molar-refractivity contribution in [3.05, 3.63) is 113 Å². The van der Waals surface area contributed by atoms with Gasteiger partial charge in [-0.25, -0.2) is 4.70 Å². The molecule has 0 atom stereocenters. The van der Waals surface area contributed by atoms with Crippen LogP contribution in [-0.4, -0.2) is 4.70 Å². The van der Waals surface area contributed by atoms with Crippen molar-refractivity contribution in [2.24, 2.45) is 0 Å². The van der Waals surface area contributed by atoms with E-state index in [1.807, 2.05) is 0 Å². The minimum atomic E-state index is 0. The van der Waals surface area contributed by atoms with Gasteiger partial charge in [-0.3, -0.25) is 0 Å². The van der Waals surface area contributed by atoms with E-state index >= 15 is 0 Å². The summed E-state index contributed by atoms with van der Waals surface area (Å²) in [6.07, 6.45) is 68.0. The van der Waals surface area contributed by atoms with Crippen LogP contribution in [0.5, 0.6) is 0 Å². The zero-order valence-corrected chi connectivity index (χ0v) is 53.3. The molecule has 77 heavy (non-hydrogen) atoms. The Morgan fingerprint density at radius 2 is 0.701 bits per heavy atom. The number of allylic oxidation sites excluding steroid dienone is 4. The summed E-state index contributed by atoms with van der Waals surface area (Å²) < 4.78 is 1.62. The largest absolute Gasteiger partial charge is 2.00 e. The van der Waals surface area contributed by atoms with Crippen LogP contribution in [0.4, 0.5) is 0 Å². The normalized spacial score (nSPS) is 12.3. The fourth-order valence-corrected chi connectivity index (χ4v) is 10.9. The Morgan fingerprint density at radius 1 is 0.351 bits per heavy atom. The summed E-state index contributed by atoms with van der Waals surface area (Å²) in [5, 5.41) is 0. The average molecular weight is 1100 g/mol. The summed E-state index contributed by atoms with van der Waals surface area (Å²) in [6.45, 7) is 21.3. The van der Waals surface area contributed by atoms with Gasteiger partial charge in [0.05, 0.1) is 0 Å². The fraction of sp³-hybridized carbons (Fsp3) is 0.730. The molecule has 2 aromatic rings. The molecule has 3 heteroatoms. The van der Waals surface area contributed by atoms with Crippen LogP contribution in [0.25, 0.3) is 16.9 Å². The molecule has 2 aromatic carbocycles. The van der Waals surface area contributed by atoms with Crippen molar-refractivity contribution in [1.29, 1.82) is 0 Å². The maximum atomic E-state index is 12.3. The van der Waals surface area contributed by atoms with Gasteiger partial charge in [0.2, 0.25) is 11.4 Å². The maximum absolute atomic E-state index is 12.3. The van der Waals surface area contributed by atoms with Crippen molar-refractivity contribution in [3.63, 3.8) is 0 Å². The summed E-state index contributed by atoms with van der Waals surface area (Å²) >= 11 is 0. The van der Waals surface area contributed by atoms with Crippen LogP contribution in [0.2, 0.25) is 0 Å². The Labute approximate surface area is 493 Å². The van der Waals surface area contributed by atoms with Crippen LogP contribution < -0.4 is 0 Å². The van der Waals surface area contributed by atoms with E-state index in [1.165, 1.54) is 285 Å². The Bertz CT molecular complexity index is 1650. The molecule has 1 heterocycles. The monoisotopic (exact) mass is 1100 g/mol. The van der Waals surface area contributed by atoms with Crippen LogP contribution in [0.1, 0.15) is 359 Å². The number of aryl methyl sites for hydroxylation is 2. The van der Waals surface area contributed by atoms with E-state index in [0.717, 1.165) is 68.3 Å². The van der Waals surface area contributed by atoms with Gasteiger partial charge in [0.15, 0.2) is 0 Å². The molecule has 0 unspecified atom stereocenters. The van der Waals surface area contributed by atoms with Crippen molar-refractivity contribution >= 4 is 11.4 Å². The van der Waals surface area contributed by atoms with E-state index in [-0.39, 0.29) is 16.5 Å². The van der Waals surface area contributed by atoms with Gasteiger partial charge < -0.3 is 19.4 Å². The second kappa shape index (κ2) is 57.0. The molecule has 0 N–H and O–H groups in total. The van der Waals surface area contributed by atoms with Crippen LogP contribution >= 0.6 is 0 Å². The van der Waals surface area contributed by atoms with E-state index < -0.39 is 0 Å². The average Bonchev–Trinajstić information content (AvgIpc) is 3.71. The number of hydrogen-bond acceptors (Lipinski definition) is 0. The molecule has 444 valence electrons. The van der Waals surface area contributed by atoms with Gasteiger partial charge in [0, 0.05) is 22.3 Å². The smallest absolute Gasteiger partial charge is 0.493 e. The Kier molecular flexibility index (Phi) is 55.3. The van der Waals surface area contributed by atoms with Crippen LogP contribution in [0, 0.1) is 13.8 Å². The van der Waals surface area contributed by atoms with Gasteiger partial charge in [0.25, 0.3) is 0 Å². The molecular weight excluding hydrogens is 976 g/mol. The first kappa shape index (κ1) is 74.8. The van der Waals surface area contributed by atoms with Crippen LogP contribution in [0.15, 0.2) is 71.8 Å². The van der Waals surface area contributed by atoms with Crippen molar-refractivity contribution in [2.75, 3.05) is 0 Å². The first-order valence-corrected chi connectivity index (χ1v) is 33.9. The summed E-state index contributed by atoms with van der Waals surface area (Å²) in [6, 6.07) is 18.1. The van der Waals surface area contributed by atoms with Crippen molar-refractivity contribution in [1.82, 2.24) is 0 Å². The Morgan fingerprint density at radius 3 is 1.14 bits per heavy atom. The molecule has 0 aliphatic carbocycles. The zero-order valence-electron chi connectivity index (χ0n) is 52.3. The van der Waals surface area contributed by atoms with Gasteiger partial charge >= 0.3 is 16.5 Å². The molecule has 1 aliphatic heterocycles. The van der Waals surface area contributed by atoms with Crippen molar-refractivity contribution in [3.8, 4) is 0 Å². The van der Waals surface area contributed by atoms with E-state index in [4.69, 9.17) is 0 Å². The first-order valence-electron chi connectivity index (χ1n) is 33.9. The van der Waals surface area contributed by atoms with Gasteiger partial charge in [-0.2, -0.15) is 12.8 Å². The second-order valence-corrected chi connectivity index (χ2v) is 23.1. The van der Waals surface area contributed by atoms with Gasteiger partial charge in [-0.1, -0.05) is 309 Å². The number of rotatable bonds is 49. The van der Waals surface area contributed by atoms with Crippen LogP contribution in [-0.2, 0) is 29.3 Å². The number of hydrogen-bond donors (Lipinski definition) is 0. The molecular formula is C74H128N2Ni. The van der Waals surface area contributed by atoms with Gasteiger partial charge in [-0.15, -0.1) is 0 Å². The molecule has 0 saturated carbocycles.